The second-order valence-electron chi connectivity index (χ2n) is 5.41. The third-order valence-corrected chi connectivity index (χ3v) is 3.80. The highest BCUT2D eigenvalue weighted by atomic mass is 16.1. The Labute approximate surface area is 88.3 Å². The summed E-state index contributed by atoms with van der Waals surface area (Å²) in [5.74, 6) is 3.02. The summed E-state index contributed by atoms with van der Waals surface area (Å²) in [5, 5.41) is 0. The van der Waals surface area contributed by atoms with Gasteiger partial charge >= 0.3 is 0 Å². The van der Waals surface area contributed by atoms with Crippen molar-refractivity contribution in [2.75, 3.05) is 0 Å². The van der Waals surface area contributed by atoms with Crippen molar-refractivity contribution in [2.45, 2.75) is 53.4 Å². The average molecular weight is 196 g/mol. The Kier molecular flexibility index (Phi) is 4.15. The Morgan fingerprint density at radius 3 is 2.36 bits per heavy atom. The van der Waals surface area contributed by atoms with Crippen LogP contribution in [0, 0.1) is 23.7 Å². The fraction of sp³-hybridized carbons (Fsp3) is 0.923. The van der Waals surface area contributed by atoms with Gasteiger partial charge in [-0.1, -0.05) is 40.5 Å². The predicted molar refractivity (Wildman–Crippen MR) is 60.1 cm³/mol. The summed E-state index contributed by atoms with van der Waals surface area (Å²) in [6.07, 6.45) is 4.57. The third-order valence-electron chi connectivity index (χ3n) is 3.80. The lowest BCUT2D eigenvalue weighted by molar-refractivity contribution is -0.121. The maximum Gasteiger partial charge on any atom is 0.135 e. The molecule has 1 nitrogen and oxygen atoms in total. The summed E-state index contributed by atoms with van der Waals surface area (Å²) in [6.45, 7) is 8.99. The fourth-order valence-corrected chi connectivity index (χ4v) is 2.61. The van der Waals surface area contributed by atoms with E-state index < -0.39 is 0 Å². The molecule has 0 aliphatic heterocycles. The molecule has 2 unspecified atom stereocenters. The Bertz CT molecular complexity index is 195. The lowest BCUT2D eigenvalue weighted by Gasteiger charge is -2.23. The lowest BCUT2D eigenvalue weighted by Crippen LogP contribution is -2.18. The van der Waals surface area contributed by atoms with Gasteiger partial charge < -0.3 is 0 Å². The van der Waals surface area contributed by atoms with E-state index in [9.17, 15) is 4.79 Å². The van der Waals surface area contributed by atoms with Crippen LogP contribution in [0.15, 0.2) is 0 Å². The number of ketones is 1. The highest BCUT2D eigenvalue weighted by Gasteiger charge is 2.33. The maximum absolute atomic E-state index is 11.4. The molecular weight excluding hydrogens is 172 g/mol. The quantitative estimate of drug-likeness (QED) is 0.670. The molecule has 1 aliphatic rings. The van der Waals surface area contributed by atoms with E-state index in [0.717, 1.165) is 24.7 Å². The monoisotopic (exact) mass is 196 g/mol. The molecule has 82 valence electrons. The Morgan fingerprint density at radius 1 is 1.29 bits per heavy atom. The summed E-state index contributed by atoms with van der Waals surface area (Å²) < 4.78 is 0. The molecule has 0 bridgehead atoms. The Morgan fingerprint density at radius 2 is 1.93 bits per heavy atom. The molecule has 0 N–H and O–H groups in total. The van der Waals surface area contributed by atoms with Gasteiger partial charge in [-0.25, -0.2) is 0 Å². The molecule has 0 amide bonds. The molecule has 0 aromatic carbocycles. The number of Topliss-reactive ketones (excluding diaryl/α,β-unsaturated/α-hetero) is 1. The minimum atomic E-state index is 0.331. The fourth-order valence-electron chi connectivity index (χ4n) is 2.61. The van der Waals surface area contributed by atoms with Crippen molar-refractivity contribution in [1.29, 1.82) is 0 Å². The van der Waals surface area contributed by atoms with Gasteiger partial charge in [-0.15, -0.1) is 0 Å². The van der Waals surface area contributed by atoms with Crippen molar-refractivity contribution in [3.05, 3.63) is 0 Å². The van der Waals surface area contributed by atoms with Gasteiger partial charge in [0.2, 0.25) is 0 Å². The highest BCUT2D eigenvalue weighted by Crippen LogP contribution is 2.36. The molecule has 0 aromatic rings. The van der Waals surface area contributed by atoms with E-state index in [4.69, 9.17) is 0 Å². The van der Waals surface area contributed by atoms with Crippen LogP contribution in [0.25, 0.3) is 0 Å². The second kappa shape index (κ2) is 4.95. The van der Waals surface area contributed by atoms with E-state index in [1.807, 2.05) is 0 Å². The van der Waals surface area contributed by atoms with Crippen molar-refractivity contribution in [2.24, 2.45) is 23.7 Å². The van der Waals surface area contributed by atoms with Crippen molar-refractivity contribution in [3.63, 3.8) is 0 Å². The molecule has 0 spiro atoms. The summed E-state index contributed by atoms with van der Waals surface area (Å²) >= 11 is 0. The normalized spacial score (nSPS) is 29.9. The largest absolute Gasteiger partial charge is 0.299 e. The van der Waals surface area contributed by atoms with Gasteiger partial charge in [0.1, 0.15) is 5.78 Å². The van der Waals surface area contributed by atoms with E-state index in [1.54, 1.807) is 0 Å². The first-order valence-corrected chi connectivity index (χ1v) is 6.05. The first kappa shape index (κ1) is 11.7. The smallest absolute Gasteiger partial charge is 0.135 e. The predicted octanol–water partition coefficient (Wildman–Crippen LogP) is 3.67. The Balaban J connectivity index is 2.37. The van der Waals surface area contributed by atoms with Crippen molar-refractivity contribution < 1.29 is 4.79 Å². The minimum Gasteiger partial charge on any atom is -0.299 e. The number of rotatable bonds is 4. The van der Waals surface area contributed by atoms with E-state index in [-0.39, 0.29) is 0 Å². The van der Waals surface area contributed by atoms with Crippen LogP contribution in [0.5, 0.6) is 0 Å². The molecule has 1 rings (SSSR count). The van der Waals surface area contributed by atoms with Gasteiger partial charge in [-0.05, 0) is 24.2 Å². The summed E-state index contributed by atoms with van der Waals surface area (Å²) in [7, 11) is 0. The number of hydrogen-bond acceptors (Lipinski definition) is 1. The second-order valence-corrected chi connectivity index (χ2v) is 5.41. The number of carbonyl (C=O) groups is 1. The number of carbonyl (C=O) groups excluding carboxylic acids is 1. The topological polar surface area (TPSA) is 17.1 Å². The molecule has 0 saturated heterocycles. The highest BCUT2D eigenvalue weighted by molar-refractivity contribution is 5.83. The molecule has 3 atom stereocenters. The van der Waals surface area contributed by atoms with E-state index in [1.165, 1.54) is 12.8 Å². The van der Waals surface area contributed by atoms with Crippen LogP contribution in [0.2, 0.25) is 0 Å². The minimum absolute atomic E-state index is 0.331. The van der Waals surface area contributed by atoms with Gasteiger partial charge in [0.25, 0.3) is 0 Å². The van der Waals surface area contributed by atoms with Crippen LogP contribution < -0.4 is 0 Å². The van der Waals surface area contributed by atoms with Crippen LogP contribution in [-0.4, -0.2) is 5.78 Å². The zero-order chi connectivity index (χ0) is 10.7. The first-order chi connectivity index (χ1) is 6.52. The molecule has 0 heterocycles. The Hall–Kier alpha value is -0.330. The van der Waals surface area contributed by atoms with Crippen molar-refractivity contribution in [3.8, 4) is 0 Å². The van der Waals surface area contributed by atoms with Crippen LogP contribution in [-0.2, 0) is 4.79 Å². The molecule has 1 heteroatoms. The first-order valence-electron chi connectivity index (χ1n) is 6.05. The van der Waals surface area contributed by atoms with E-state index in [0.29, 0.717) is 17.6 Å². The van der Waals surface area contributed by atoms with Crippen LogP contribution in [0.3, 0.4) is 0 Å². The van der Waals surface area contributed by atoms with Crippen molar-refractivity contribution in [1.82, 2.24) is 0 Å². The van der Waals surface area contributed by atoms with Gasteiger partial charge in [0.15, 0.2) is 0 Å². The molecule has 1 fully saturated rings. The summed E-state index contributed by atoms with van der Waals surface area (Å²) in [6, 6.07) is 0. The van der Waals surface area contributed by atoms with Crippen LogP contribution in [0.1, 0.15) is 53.4 Å². The molecule has 1 aliphatic carbocycles. The van der Waals surface area contributed by atoms with Gasteiger partial charge in [-0.3, -0.25) is 4.79 Å². The third kappa shape index (κ3) is 2.83. The van der Waals surface area contributed by atoms with E-state index in [2.05, 4.69) is 27.7 Å². The molecular formula is C13H24O. The zero-order valence-corrected chi connectivity index (χ0v) is 10.0. The zero-order valence-electron chi connectivity index (χ0n) is 10.0. The summed E-state index contributed by atoms with van der Waals surface area (Å²) in [4.78, 5) is 11.4. The van der Waals surface area contributed by atoms with Gasteiger partial charge in [-0.2, -0.15) is 0 Å². The van der Waals surface area contributed by atoms with Gasteiger partial charge in [0, 0.05) is 12.3 Å². The van der Waals surface area contributed by atoms with Gasteiger partial charge in [0.05, 0.1) is 0 Å². The van der Waals surface area contributed by atoms with Crippen LogP contribution in [0.4, 0.5) is 0 Å². The summed E-state index contributed by atoms with van der Waals surface area (Å²) in [5.41, 5.74) is 0. The molecule has 1 saturated carbocycles. The molecule has 0 aromatic heterocycles. The lowest BCUT2D eigenvalue weighted by atomic mass is 9.82. The average Bonchev–Trinajstić information content (AvgIpc) is 2.44. The van der Waals surface area contributed by atoms with Crippen LogP contribution >= 0.6 is 0 Å². The standard InChI is InChI=1S/C13H24O/c1-9(2)5-6-10(3)12-7-8-13(14)11(12)4/h9-12H,5-8H2,1-4H3/t10?,11-,12?/m1/s1. The maximum atomic E-state index is 11.4. The van der Waals surface area contributed by atoms with E-state index >= 15 is 0 Å². The van der Waals surface area contributed by atoms with Crippen molar-refractivity contribution >= 4 is 5.78 Å². The molecule has 0 radical (unpaired) electrons. The number of hydrogen-bond donors (Lipinski definition) is 0. The molecule has 14 heavy (non-hydrogen) atoms. The SMILES string of the molecule is CC(C)CCC(C)C1CCC(=O)[C@@H]1C.